The fourth-order valence-electron chi connectivity index (χ4n) is 2.66. The summed E-state index contributed by atoms with van der Waals surface area (Å²) in [6.45, 7) is 2.53. The molecule has 0 spiro atoms. The van der Waals surface area contributed by atoms with E-state index in [-0.39, 0.29) is 22.2 Å². The number of carbonyl (C=O) groups is 2. The van der Waals surface area contributed by atoms with E-state index in [0.717, 1.165) is 27.4 Å². The van der Waals surface area contributed by atoms with Crippen molar-refractivity contribution in [2.24, 2.45) is 0 Å². The molecule has 1 heterocycles. The SMILES string of the molecule is CCN1C(=O)S[C@H](Cc2ccc(OCc3ccc(F)cc3)c(Br)c2)C1=O. The molecule has 0 unspecified atom stereocenters. The summed E-state index contributed by atoms with van der Waals surface area (Å²) in [5, 5.41) is -0.554. The predicted octanol–water partition coefficient (Wildman–Crippen LogP) is 4.79. The second-order valence-corrected chi connectivity index (χ2v) is 7.85. The van der Waals surface area contributed by atoms with Gasteiger partial charge in [0.15, 0.2) is 0 Å². The topological polar surface area (TPSA) is 46.6 Å². The van der Waals surface area contributed by atoms with E-state index in [2.05, 4.69) is 15.9 Å². The van der Waals surface area contributed by atoms with Gasteiger partial charge in [-0.1, -0.05) is 30.0 Å². The van der Waals surface area contributed by atoms with Crippen molar-refractivity contribution in [2.45, 2.75) is 25.2 Å². The minimum absolute atomic E-state index is 0.129. The van der Waals surface area contributed by atoms with Crippen LogP contribution in [0.4, 0.5) is 9.18 Å². The molecule has 0 aliphatic carbocycles. The number of thioether (sulfide) groups is 1. The van der Waals surface area contributed by atoms with Crippen molar-refractivity contribution < 1.29 is 18.7 Å². The van der Waals surface area contributed by atoms with Crippen LogP contribution in [-0.4, -0.2) is 27.8 Å². The van der Waals surface area contributed by atoms with E-state index in [1.54, 1.807) is 19.1 Å². The van der Waals surface area contributed by atoms with E-state index < -0.39 is 0 Å². The Bertz CT molecular complexity index is 828. The summed E-state index contributed by atoms with van der Waals surface area (Å²) < 4.78 is 19.5. The van der Waals surface area contributed by atoms with E-state index in [1.807, 2.05) is 18.2 Å². The first kappa shape index (κ1) is 18.9. The average Bonchev–Trinajstić information content (AvgIpc) is 2.88. The van der Waals surface area contributed by atoms with Gasteiger partial charge in [0.25, 0.3) is 5.24 Å². The molecule has 2 aromatic rings. The van der Waals surface area contributed by atoms with Crippen molar-refractivity contribution in [1.29, 1.82) is 0 Å². The summed E-state index contributed by atoms with van der Waals surface area (Å²) in [4.78, 5) is 25.3. The third-order valence-corrected chi connectivity index (χ3v) is 5.74. The highest BCUT2D eigenvalue weighted by Gasteiger charge is 2.38. The number of benzene rings is 2. The van der Waals surface area contributed by atoms with Crippen molar-refractivity contribution in [2.75, 3.05) is 6.54 Å². The van der Waals surface area contributed by atoms with Crippen LogP contribution in [0.3, 0.4) is 0 Å². The van der Waals surface area contributed by atoms with E-state index in [1.165, 1.54) is 17.0 Å². The highest BCUT2D eigenvalue weighted by atomic mass is 79.9. The summed E-state index contributed by atoms with van der Waals surface area (Å²) in [7, 11) is 0. The van der Waals surface area contributed by atoms with Gasteiger partial charge in [0.05, 0.1) is 9.72 Å². The lowest BCUT2D eigenvalue weighted by atomic mass is 10.1. The van der Waals surface area contributed by atoms with Crippen molar-refractivity contribution in [3.05, 3.63) is 63.9 Å². The predicted molar refractivity (Wildman–Crippen MR) is 103 cm³/mol. The summed E-state index contributed by atoms with van der Waals surface area (Å²) in [5.41, 5.74) is 1.82. The number of imide groups is 1. The smallest absolute Gasteiger partial charge is 0.289 e. The van der Waals surface area contributed by atoms with E-state index >= 15 is 0 Å². The van der Waals surface area contributed by atoms with E-state index in [4.69, 9.17) is 4.74 Å². The molecule has 2 aromatic carbocycles. The molecule has 1 saturated heterocycles. The van der Waals surface area contributed by atoms with Gasteiger partial charge in [-0.05, 0) is 64.7 Å². The maximum Gasteiger partial charge on any atom is 0.289 e. The summed E-state index contributed by atoms with van der Waals surface area (Å²) in [6.07, 6.45) is 0.489. The Balaban J connectivity index is 1.63. The van der Waals surface area contributed by atoms with Gasteiger partial charge in [-0.15, -0.1) is 0 Å². The van der Waals surface area contributed by atoms with Gasteiger partial charge in [-0.25, -0.2) is 4.39 Å². The number of hydrogen-bond acceptors (Lipinski definition) is 4. The number of carbonyl (C=O) groups excluding carboxylic acids is 2. The van der Waals surface area contributed by atoms with Gasteiger partial charge in [0.1, 0.15) is 18.2 Å². The Kier molecular flexibility index (Phi) is 5.98. The molecule has 1 aliphatic heterocycles. The van der Waals surface area contributed by atoms with Gasteiger partial charge in [-0.3, -0.25) is 14.5 Å². The molecule has 3 rings (SSSR count). The monoisotopic (exact) mass is 437 g/mol. The minimum atomic E-state index is -0.375. The third-order valence-electron chi connectivity index (χ3n) is 4.05. The van der Waals surface area contributed by atoms with Crippen LogP contribution in [0.1, 0.15) is 18.1 Å². The van der Waals surface area contributed by atoms with Crippen molar-refractivity contribution >= 4 is 38.8 Å². The molecule has 26 heavy (non-hydrogen) atoms. The van der Waals surface area contributed by atoms with Crippen LogP contribution in [0.25, 0.3) is 0 Å². The van der Waals surface area contributed by atoms with Crippen LogP contribution in [0, 0.1) is 5.82 Å². The Hall–Kier alpha value is -1.86. The summed E-state index contributed by atoms with van der Waals surface area (Å²) in [5.74, 6) is 0.253. The largest absolute Gasteiger partial charge is 0.488 e. The number of halogens is 2. The zero-order valence-electron chi connectivity index (χ0n) is 14.1. The molecule has 2 amide bonds. The summed E-state index contributed by atoms with van der Waals surface area (Å²) >= 11 is 4.56. The number of nitrogens with zero attached hydrogens (tertiary/aromatic N) is 1. The Morgan fingerprint density at radius 2 is 1.85 bits per heavy atom. The lowest BCUT2D eigenvalue weighted by Gasteiger charge is -2.12. The molecule has 0 aromatic heterocycles. The summed E-state index contributed by atoms with van der Waals surface area (Å²) in [6, 6.07) is 11.8. The van der Waals surface area contributed by atoms with Gasteiger partial charge in [-0.2, -0.15) is 0 Å². The Morgan fingerprint density at radius 3 is 2.46 bits per heavy atom. The third kappa shape index (κ3) is 4.27. The molecule has 1 aliphatic rings. The molecule has 1 fully saturated rings. The highest BCUT2D eigenvalue weighted by molar-refractivity contribution is 9.10. The molecular formula is C19H17BrFNO3S. The molecule has 7 heteroatoms. The van der Waals surface area contributed by atoms with Crippen LogP contribution >= 0.6 is 27.7 Å². The second kappa shape index (κ2) is 8.22. The van der Waals surface area contributed by atoms with Crippen molar-refractivity contribution in [1.82, 2.24) is 4.90 Å². The van der Waals surface area contributed by atoms with Crippen LogP contribution in [0.2, 0.25) is 0 Å². The number of rotatable bonds is 6. The Labute approximate surface area is 163 Å². The first-order valence-corrected chi connectivity index (χ1v) is 9.83. The van der Waals surface area contributed by atoms with Gasteiger partial charge < -0.3 is 4.74 Å². The molecule has 0 saturated carbocycles. The second-order valence-electron chi connectivity index (χ2n) is 5.84. The molecule has 1 atom stereocenters. The van der Waals surface area contributed by atoms with Gasteiger partial charge in [0.2, 0.25) is 5.91 Å². The first-order chi connectivity index (χ1) is 12.5. The normalized spacial score (nSPS) is 17.0. The molecule has 4 nitrogen and oxygen atoms in total. The van der Waals surface area contributed by atoms with Crippen LogP contribution < -0.4 is 4.74 Å². The molecule has 136 valence electrons. The van der Waals surface area contributed by atoms with Crippen LogP contribution in [0.5, 0.6) is 5.75 Å². The fourth-order valence-corrected chi connectivity index (χ4v) is 4.29. The van der Waals surface area contributed by atoms with Crippen LogP contribution in [0.15, 0.2) is 46.9 Å². The van der Waals surface area contributed by atoms with Gasteiger partial charge in [0, 0.05) is 6.54 Å². The van der Waals surface area contributed by atoms with Crippen molar-refractivity contribution in [3.8, 4) is 5.75 Å². The molecule has 0 radical (unpaired) electrons. The lowest BCUT2D eigenvalue weighted by Crippen LogP contribution is -2.31. The maximum absolute atomic E-state index is 12.9. The quantitative estimate of drug-likeness (QED) is 0.651. The average molecular weight is 438 g/mol. The lowest BCUT2D eigenvalue weighted by molar-refractivity contribution is -0.126. The highest BCUT2D eigenvalue weighted by Crippen LogP contribution is 2.32. The molecule has 0 bridgehead atoms. The number of amides is 2. The van der Waals surface area contributed by atoms with E-state index in [9.17, 15) is 14.0 Å². The molecular weight excluding hydrogens is 421 g/mol. The van der Waals surface area contributed by atoms with Crippen molar-refractivity contribution in [3.63, 3.8) is 0 Å². The first-order valence-electron chi connectivity index (χ1n) is 8.15. The Morgan fingerprint density at radius 1 is 1.15 bits per heavy atom. The standard InChI is InChI=1S/C19H17BrFNO3S/c1-2-22-18(23)17(26-19(22)24)10-13-5-8-16(15(20)9-13)25-11-12-3-6-14(21)7-4-12/h3-9,17H,2,10-11H2,1H3/t17-/m1/s1. The van der Waals surface area contributed by atoms with Crippen LogP contribution in [-0.2, 0) is 17.8 Å². The minimum Gasteiger partial charge on any atom is -0.488 e. The fraction of sp³-hybridized carbons (Fsp3) is 0.263. The maximum atomic E-state index is 12.9. The zero-order valence-corrected chi connectivity index (χ0v) is 16.5. The number of hydrogen-bond donors (Lipinski definition) is 0. The molecule has 0 N–H and O–H groups in total. The van der Waals surface area contributed by atoms with Gasteiger partial charge >= 0.3 is 0 Å². The zero-order chi connectivity index (χ0) is 18.7. The van der Waals surface area contributed by atoms with E-state index in [0.29, 0.717) is 25.3 Å². The number of ether oxygens (including phenoxy) is 1.